The third kappa shape index (κ3) is 13.4. The van der Waals surface area contributed by atoms with E-state index in [2.05, 4.69) is 39.1 Å². The molecule has 51 heavy (non-hydrogen) atoms. The average molecular weight is 698 g/mol. The van der Waals surface area contributed by atoms with Crippen LogP contribution in [-0.2, 0) is 44.5 Å². The Bertz CT molecular complexity index is 1630. The summed E-state index contributed by atoms with van der Waals surface area (Å²) in [7, 11) is 1.32. The zero-order valence-electron chi connectivity index (χ0n) is 29.9. The Morgan fingerprint density at radius 1 is 0.725 bits per heavy atom. The molecule has 270 valence electrons. The van der Waals surface area contributed by atoms with Gasteiger partial charge in [-0.05, 0) is 66.7 Å². The number of carbonyl (C=O) groups excluding carboxylic acids is 5. The predicted molar refractivity (Wildman–Crippen MR) is 194 cm³/mol. The minimum Gasteiger partial charge on any atom is -0.469 e. The first-order chi connectivity index (χ1) is 24.5. The molecule has 1 aliphatic rings. The summed E-state index contributed by atoms with van der Waals surface area (Å²) in [5, 5.41) is 2.76. The fraction of sp³-hybridized carbons (Fsp3) is 0.341. The molecule has 0 unspecified atom stereocenters. The van der Waals surface area contributed by atoms with E-state index in [-0.39, 0.29) is 49.9 Å². The van der Waals surface area contributed by atoms with Crippen molar-refractivity contribution in [1.82, 2.24) is 5.32 Å². The third-order valence-electron chi connectivity index (χ3n) is 8.03. The predicted octanol–water partition coefficient (Wildman–Crippen LogP) is 6.91. The molecule has 4 rings (SSSR count). The molecule has 1 aliphatic carbocycles. The van der Waals surface area contributed by atoms with Crippen molar-refractivity contribution in [2.45, 2.75) is 58.9 Å². The Hall–Kier alpha value is -5.51. The summed E-state index contributed by atoms with van der Waals surface area (Å²) < 4.78 is 19.8. The van der Waals surface area contributed by atoms with Crippen LogP contribution in [0.25, 0.3) is 11.1 Å². The molecule has 10 heteroatoms. The van der Waals surface area contributed by atoms with Crippen molar-refractivity contribution in [2.24, 2.45) is 5.92 Å². The zero-order valence-corrected chi connectivity index (χ0v) is 29.9. The number of amides is 1. The molecule has 0 heterocycles. The van der Waals surface area contributed by atoms with Crippen molar-refractivity contribution in [3.63, 3.8) is 0 Å². The zero-order chi connectivity index (χ0) is 37.2. The SMILES string of the molecule is CC(=O)OC/C=C\COC(C)=O.COC(=O)[C@@H](CC(=O)[C@H](CC=C(C)C)NC(=O)OCC1c2ccccc2-c2ccccc21)Cc1ccccc1. The van der Waals surface area contributed by atoms with Crippen LogP contribution in [0.15, 0.2) is 103 Å². The van der Waals surface area contributed by atoms with Crippen LogP contribution in [0, 0.1) is 5.92 Å². The number of nitrogens with one attached hydrogen (secondary N) is 1. The van der Waals surface area contributed by atoms with Crippen molar-refractivity contribution in [1.29, 1.82) is 0 Å². The van der Waals surface area contributed by atoms with Crippen LogP contribution < -0.4 is 5.32 Å². The number of fused-ring (bicyclic) bond motifs is 3. The van der Waals surface area contributed by atoms with E-state index in [9.17, 15) is 24.0 Å². The monoisotopic (exact) mass is 697 g/mol. The van der Waals surface area contributed by atoms with E-state index < -0.39 is 24.0 Å². The first-order valence-corrected chi connectivity index (χ1v) is 16.8. The molecule has 0 saturated carbocycles. The Morgan fingerprint density at radius 2 is 1.25 bits per heavy atom. The lowest BCUT2D eigenvalue weighted by Crippen LogP contribution is -2.42. The van der Waals surface area contributed by atoms with Gasteiger partial charge in [0.1, 0.15) is 19.8 Å². The van der Waals surface area contributed by atoms with Gasteiger partial charge in [-0.2, -0.15) is 0 Å². The van der Waals surface area contributed by atoms with E-state index in [1.807, 2.05) is 74.5 Å². The number of Topliss-reactive ketones (excluding diaryl/α,β-unsaturated/α-hetero) is 1. The van der Waals surface area contributed by atoms with Gasteiger partial charge in [0.25, 0.3) is 0 Å². The minimum absolute atomic E-state index is 0.0491. The summed E-state index contributed by atoms with van der Waals surface area (Å²) in [6.45, 7) is 7.12. The number of hydrogen-bond donors (Lipinski definition) is 1. The number of hydrogen-bond acceptors (Lipinski definition) is 9. The van der Waals surface area contributed by atoms with Gasteiger partial charge in [-0.25, -0.2) is 4.79 Å². The summed E-state index contributed by atoms with van der Waals surface area (Å²) >= 11 is 0. The molecule has 0 aliphatic heterocycles. The van der Waals surface area contributed by atoms with E-state index in [1.54, 1.807) is 12.2 Å². The van der Waals surface area contributed by atoms with Crippen molar-refractivity contribution in [3.05, 3.63) is 119 Å². The van der Waals surface area contributed by atoms with Crippen molar-refractivity contribution in [2.75, 3.05) is 26.9 Å². The Balaban J connectivity index is 0.000000501. The van der Waals surface area contributed by atoms with Crippen LogP contribution in [0.2, 0.25) is 0 Å². The highest BCUT2D eigenvalue weighted by molar-refractivity contribution is 5.90. The summed E-state index contributed by atoms with van der Waals surface area (Å²) in [5.74, 6) is -2.08. The average Bonchev–Trinajstić information content (AvgIpc) is 3.43. The molecule has 0 aromatic heterocycles. The molecule has 0 spiro atoms. The maximum atomic E-state index is 13.4. The van der Waals surface area contributed by atoms with Gasteiger partial charge in [-0.15, -0.1) is 0 Å². The quantitative estimate of drug-likeness (QED) is 0.102. The molecule has 3 aromatic rings. The summed E-state index contributed by atoms with van der Waals surface area (Å²) in [5.41, 5.74) is 6.48. The van der Waals surface area contributed by atoms with E-state index in [4.69, 9.17) is 9.47 Å². The van der Waals surface area contributed by atoms with Crippen molar-refractivity contribution in [3.8, 4) is 11.1 Å². The topological polar surface area (TPSA) is 134 Å². The maximum Gasteiger partial charge on any atom is 0.407 e. The molecule has 1 amide bonds. The van der Waals surface area contributed by atoms with E-state index >= 15 is 0 Å². The lowest BCUT2D eigenvalue weighted by molar-refractivity contribution is -0.147. The molecule has 0 saturated heterocycles. The number of benzene rings is 3. The second-order valence-corrected chi connectivity index (χ2v) is 12.2. The van der Waals surface area contributed by atoms with Gasteiger partial charge in [-0.1, -0.05) is 90.5 Å². The highest BCUT2D eigenvalue weighted by atomic mass is 16.6. The second kappa shape index (κ2) is 20.9. The number of ketones is 1. The number of methoxy groups -OCH3 is 1. The van der Waals surface area contributed by atoms with Gasteiger partial charge in [0, 0.05) is 26.2 Å². The Kier molecular flexibility index (Phi) is 16.3. The first-order valence-electron chi connectivity index (χ1n) is 16.8. The number of esters is 3. The smallest absolute Gasteiger partial charge is 0.407 e. The Labute approximate surface area is 299 Å². The number of alkyl carbamates (subject to hydrolysis) is 1. The van der Waals surface area contributed by atoms with Crippen LogP contribution >= 0.6 is 0 Å². The van der Waals surface area contributed by atoms with Crippen LogP contribution in [-0.4, -0.2) is 62.8 Å². The number of allylic oxidation sites excluding steroid dienone is 1. The highest BCUT2D eigenvalue weighted by Gasteiger charge is 2.31. The van der Waals surface area contributed by atoms with Crippen LogP contribution in [0.1, 0.15) is 63.1 Å². The molecule has 3 aromatic carbocycles. The minimum atomic E-state index is -0.821. The lowest BCUT2D eigenvalue weighted by atomic mass is 9.91. The summed E-state index contributed by atoms with van der Waals surface area (Å²) in [6, 6.07) is 24.9. The number of carbonyl (C=O) groups is 5. The standard InChI is InChI=1S/C33H35NO5.C8H12O4/c1-22(2)17-18-30(31(35)20-24(32(36)38-3)19-23-11-5-4-6-12-23)34-33(37)39-21-29-27-15-9-7-13-25(27)26-14-8-10-16-28(26)29;1-7(9)11-5-3-4-6-12-8(2)10/h4-17,24,29-30H,18-21H2,1-3H3,(H,34,37);3-4H,5-6H2,1-2H3/b;4-3-/t24-,30+;/m1./s1. The first kappa shape index (κ1) is 39.9. The Morgan fingerprint density at radius 3 is 1.76 bits per heavy atom. The second-order valence-electron chi connectivity index (χ2n) is 12.2. The molecule has 2 atom stereocenters. The van der Waals surface area contributed by atoms with Crippen molar-refractivity contribution >= 4 is 29.8 Å². The summed E-state index contributed by atoms with van der Waals surface area (Å²) in [4.78, 5) is 59.3. The molecule has 0 bridgehead atoms. The molecular weight excluding hydrogens is 650 g/mol. The fourth-order valence-corrected chi connectivity index (χ4v) is 5.56. The highest BCUT2D eigenvalue weighted by Crippen LogP contribution is 2.44. The van der Waals surface area contributed by atoms with Gasteiger partial charge in [0.05, 0.1) is 19.1 Å². The molecule has 1 N–H and O–H groups in total. The van der Waals surface area contributed by atoms with Gasteiger partial charge < -0.3 is 24.3 Å². The molecular formula is C41H47NO9. The van der Waals surface area contributed by atoms with Crippen LogP contribution in [0.3, 0.4) is 0 Å². The molecule has 0 radical (unpaired) electrons. The number of rotatable bonds is 15. The van der Waals surface area contributed by atoms with Gasteiger partial charge >= 0.3 is 24.0 Å². The lowest BCUT2D eigenvalue weighted by Gasteiger charge is -2.21. The summed E-state index contributed by atoms with van der Waals surface area (Å²) in [6.07, 6.45) is 5.11. The normalized spacial score (nSPS) is 12.6. The molecule has 0 fully saturated rings. The van der Waals surface area contributed by atoms with Crippen LogP contribution in [0.4, 0.5) is 4.79 Å². The number of ether oxygens (including phenoxy) is 4. The van der Waals surface area contributed by atoms with E-state index in [1.165, 1.54) is 21.0 Å². The van der Waals surface area contributed by atoms with Gasteiger partial charge in [0.15, 0.2) is 5.78 Å². The van der Waals surface area contributed by atoms with Crippen molar-refractivity contribution < 1.29 is 42.9 Å². The molecule has 10 nitrogen and oxygen atoms in total. The van der Waals surface area contributed by atoms with E-state index in [0.717, 1.165) is 33.4 Å². The van der Waals surface area contributed by atoms with Gasteiger partial charge in [0.2, 0.25) is 0 Å². The van der Waals surface area contributed by atoms with Crippen LogP contribution in [0.5, 0.6) is 0 Å². The van der Waals surface area contributed by atoms with E-state index in [0.29, 0.717) is 12.8 Å². The fourth-order valence-electron chi connectivity index (χ4n) is 5.56. The largest absolute Gasteiger partial charge is 0.469 e. The maximum absolute atomic E-state index is 13.4. The third-order valence-corrected chi connectivity index (χ3v) is 8.03. The van der Waals surface area contributed by atoms with Gasteiger partial charge in [-0.3, -0.25) is 19.2 Å².